The maximum absolute atomic E-state index is 12.4. The van der Waals surface area contributed by atoms with Gasteiger partial charge in [0.1, 0.15) is 0 Å². The van der Waals surface area contributed by atoms with Crippen LogP contribution >= 0.6 is 0 Å². The molecule has 0 spiro atoms. The van der Waals surface area contributed by atoms with Crippen LogP contribution in [0.15, 0.2) is 60.8 Å². The minimum Gasteiger partial charge on any atom is -0.361 e. The quantitative estimate of drug-likeness (QED) is 0.611. The second-order valence-electron chi connectivity index (χ2n) is 6.85. The van der Waals surface area contributed by atoms with Crippen molar-refractivity contribution >= 4 is 26.8 Å². The number of nitrogens with zero attached hydrogens (tertiary/aromatic N) is 1. The van der Waals surface area contributed by atoms with Crippen molar-refractivity contribution in [3.05, 3.63) is 71.9 Å². The molecule has 3 rings (SSSR count). The van der Waals surface area contributed by atoms with E-state index in [1.165, 1.54) is 4.31 Å². The Balaban J connectivity index is 1.61. The zero-order valence-electron chi connectivity index (χ0n) is 16.1. The average Bonchev–Trinajstić information content (AvgIpc) is 3.09. The minimum atomic E-state index is -3.54. The number of para-hydroxylation sites is 1. The number of carbonyl (C=O) groups is 1. The number of benzene rings is 2. The first-order chi connectivity index (χ1) is 13.4. The van der Waals surface area contributed by atoms with E-state index in [0.717, 1.165) is 28.3 Å². The van der Waals surface area contributed by atoms with Crippen LogP contribution in [0.5, 0.6) is 0 Å². The summed E-state index contributed by atoms with van der Waals surface area (Å²) in [4.78, 5) is 15.6. The highest BCUT2D eigenvalue weighted by Gasteiger charge is 2.26. The molecule has 7 heteroatoms. The topological polar surface area (TPSA) is 82.3 Å². The fourth-order valence-corrected chi connectivity index (χ4v) is 4.36. The predicted octanol–water partition coefficient (Wildman–Crippen LogP) is 2.85. The van der Waals surface area contributed by atoms with Crippen molar-refractivity contribution < 1.29 is 13.2 Å². The van der Waals surface area contributed by atoms with Crippen LogP contribution in [0.1, 0.15) is 24.1 Å². The second kappa shape index (κ2) is 8.58. The van der Waals surface area contributed by atoms with Crippen LogP contribution in [0.2, 0.25) is 0 Å². The van der Waals surface area contributed by atoms with Gasteiger partial charge in [0.25, 0.3) is 0 Å². The number of hydrogen-bond acceptors (Lipinski definition) is 3. The molecule has 2 aromatic carbocycles. The average molecular weight is 400 g/mol. The van der Waals surface area contributed by atoms with Gasteiger partial charge >= 0.3 is 0 Å². The Morgan fingerprint density at radius 3 is 2.50 bits per heavy atom. The number of sulfonamides is 1. The Kier molecular flexibility index (Phi) is 6.16. The SMILES string of the molecule is CC(c1ccccc1)N(CC(=O)NCCc1c[nH]c2ccccc12)S(C)(=O)=O. The second-order valence-corrected chi connectivity index (χ2v) is 8.79. The van der Waals surface area contributed by atoms with Crippen molar-refractivity contribution in [3.8, 4) is 0 Å². The Morgan fingerprint density at radius 2 is 1.79 bits per heavy atom. The summed E-state index contributed by atoms with van der Waals surface area (Å²) in [7, 11) is -3.54. The zero-order chi connectivity index (χ0) is 20.1. The number of H-pyrrole nitrogens is 1. The van der Waals surface area contributed by atoms with Crippen LogP contribution in [0.4, 0.5) is 0 Å². The van der Waals surface area contributed by atoms with Crippen molar-refractivity contribution in [2.24, 2.45) is 0 Å². The van der Waals surface area contributed by atoms with Crippen molar-refractivity contribution in [3.63, 3.8) is 0 Å². The number of nitrogens with one attached hydrogen (secondary N) is 2. The van der Waals surface area contributed by atoms with E-state index in [1.54, 1.807) is 6.92 Å². The molecular formula is C21H25N3O3S. The molecule has 1 atom stereocenters. The van der Waals surface area contributed by atoms with Crippen molar-refractivity contribution in [2.45, 2.75) is 19.4 Å². The zero-order valence-corrected chi connectivity index (χ0v) is 16.9. The van der Waals surface area contributed by atoms with Gasteiger partial charge in [-0.15, -0.1) is 0 Å². The number of rotatable bonds is 8. The normalized spacial score (nSPS) is 13.0. The Labute approximate surface area is 165 Å². The fourth-order valence-electron chi connectivity index (χ4n) is 3.31. The van der Waals surface area contributed by atoms with Gasteiger partial charge in [0.05, 0.1) is 12.8 Å². The largest absolute Gasteiger partial charge is 0.361 e. The lowest BCUT2D eigenvalue weighted by Crippen LogP contribution is -2.42. The number of aromatic nitrogens is 1. The highest BCUT2D eigenvalue weighted by molar-refractivity contribution is 7.88. The summed E-state index contributed by atoms with van der Waals surface area (Å²) in [6.07, 6.45) is 3.74. The monoisotopic (exact) mass is 399 g/mol. The maximum Gasteiger partial charge on any atom is 0.235 e. The number of fused-ring (bicyclic) bond motifs is 1. The predicted molar refractivity (Wildman–Crippen MR) is 111 cm³/mol. The third kappa shape index (κ3) is 4.79. The number of hydrogen-bond donors (Lipinski definition) is 2. The summed E-state index contributed by atoms with van der Waals surface area (Å²) in [6, 6.07) is 16.9. The van der Waals surface area contributed by atoms with Crippen LogP contribution in [-0.4, -0.2) is 43.0 Å². The van der Waals surface area contributed by atoms with E-state index in [2.05, 4.69) is 10.3 Å². The molecule has 1 heterocycles. The number of amides is 1. The maximum atomic E-state index is 12.4. The van der Waals surface area contributed by atoms with Crippen molar-refractivity contribution in [1.29, 1.82) is 0 Å². The van der Waals surface area contributed by atoms with E-state index < -0.39 is 16.1 Å². The molecule has 0 fully saturated rings. The molecule has 1 aromatic heterocycles. The fraction of sp³-hybridized carbons (Fsp3) is 0.286. The summed E-state index contributed by atoms with van der Waals surface area (Å²) in [5.74, 6) is -0.312. The van der Waals surface area contributed by atoms with E-state index in [-0.39, 0.29) is 12.5 Å². The molecule has 6 nitrogen and oxygen atoms in total. The highest BCUT2D eigenvalue weighted by atomic mass is 32.2. The van der Waals surface area contributed by atoms with Gasteiger partial charge in [-0.25, -0.2) is 8.42 Å². The summed E-state index contributed by atoms with van der Waals surface area (Å²) >= 11 is 0. The number of carbonyl (C=O) groups excluding carboxylic acids is 1. The molecule has 148 valence electrons. The lowest BCUT2D eigenvalue weighted by Gasteiger charge is -2.26. The first kappa shape index (κ1) is 20.1. The van der Waals surface area contributed by atoms with Crippen molar-refractivity contribution in [2.75, 3.05) is 19.3 Å². The molecule has 0 radical (unpaired) electrons. The van der Waals surface area contributed by atoms with Crippen LogP contribution in [0, 0.1) is 0 Å². The van der Waals surface area contributed by atoms with Crippen LogP contribution in [-0.2, 0) is 21.2 Å². The molecule has 0 saturated heterocycles. The molecule has 28 heavy (non-hydrogen) atoms. The van der Waals surface area contributed by atoms with Gasteiger partial charge in [-0.2, -0.15) is 4.31 Å². The Bertz CT molecular complexity index is 1040. The Morgan fingerprint density at radius 1 is 1.11 bits per heavy atom. The standard InChI is InChI=1S/C21H25N3O3S/c1-16(17-8-4-3-5-9-17)24(28(2,26)27)15-21(25)22-13-12-18-14-23-20-11-7-6-10-19(18)20/h3-11,14,16,23H,12-13,15H2,1-2H3,(H,22,25). The van der Waals surface area contributed by atoms with Crippen LogP contribution in [0.3, 0.4) is 0 Å². The van der Waals surface area contributed by atoms with Crippen molar-refractivity contribution in [1.82, 2.24) is 14.6 Å². The summed E-state index contributed by atoms with van der Waals surface area (Å²) in [6.45, 7) is 2.02. The summed E-state index contributed by atoms with van der Waals surface area (Å²) < 4.78 is 25.7. The van der Waals surface area contributed by atoms with Crippen LogP contribution < -0.4 is 5.32 Å². The molecule has 0 aliphatic carbocycles. The minimum absolute atomic E-state index is 0.206. The van der Waals surface area contributed by atoms with E-state index in [1.807, 2.05) is 60.8 Å². The molecule has 1 unspecified atom stereocenters. The van der Waals surface area contributed by atoms with E-state index in [9.17, 15) is 13.2 Å². The van der Waals surface area contributed by atoms with E-state index in [4.69, 9.17) is 0 Å². The van der Waals surface area contributed by atoms with E-state index in [0.29, 0.717) is 13.0 Å². The number of aromatic amines is 1. The van der Waals surface area contributed by atoms with Gasteiger partial charge in [-0.1, -0.05) is 48.5 Å². The lowest BCUT2D eigenvalue weighted by molar-refractivity contribution is -0.121. The first-order valence-electron chi connectivity index (χ1n) is 9.19. The summed E-state index contributed by atoms with van der Waals surface area (Å²) in [5, 5.41) is 3.97. The third-order valence-electron chi connectivity index (χ3n) is 4.83. The molecule has 0 bridgehead atoms. The highest BCUT2D eigenvalue weighted by Crippen LogP contribution is 2.22. The third-order valence-corrected chi connectivity index (χ3v) is 6.13. The molecule has 3 aromatic rings. The molecule has 0 aliphatic heterocycles. The van der Waals surface area contributed by atoms with Gasteiger partial charge in [0.15, 0.2) is 0 Å². The van der Waals surface area contributed by atoms with Gasteiger partial charge in [-0.05, 0) is 30.5 Å². The van der Waals surface area contributed by atoms with Crippen LogP contribution in [0.25, 0.3) is 10.9 Å². The smallest absolute Gasteiger partial charge is 0.235 e. The first-order valence-corrected chi connectivity index (χ1v) is 11.0. The Hall–Kier alpha value is -2.64. The van der Waals surface area contributed by atoms with Gasteiger partial charge < -0.3 is 10.3 Å². The molecule has 0 aliphatic rings. The van der Waals surface area contributed by atoms with E-state index >= 15 is 0 Å². The molecule has 0 saturated carbocycles. The molecular weight excluding hydrogens is 374 g/mol. The molecule has 1 amide bonds. The van der Waals surface area contributed by atoms with Gasteiger partial charge in [0, 0.05) is 29.7 Å². The van der Waals surface area contributed by atoms with Gasteiger partial charge in [-0.3, -0.25) is 4.79 Å². The van der Waals surface area contributed by atoms with Gasteiger partial charge in [0.2, 0.25) is 15.9 Å². The summed E-state index contributed by atoms with van der Waals surface area (Å²) in [5.41, 5.74) is 3.02. The lowest BCUT2D eigenvalue weighted by atomic mass is 10.1. The molecule has 2 N–H and O–H groups in total.